The van der Waals surface area contributed by atoms with E-state index in [1.165, 1.54) is 0 Å². The van der Waals surface area contributed by atoms with E-state index >= 15 is 0 Å². The van der Waals surface area contributed by atoms with Gasteiger partial charge in [-0.2, -0.15) is 0 Å². The van der Waals surface area contributed by atoms with Gasteiger partial charge in [0.2, 0.25) is 0 Å². The lowest BCUT2D eigenvalue weighted by Gasteiger charge is -2.08. The van der Waals surface area contributed by atoms with Crippen LogP contribution in [0.3, 0.4) is 0 Å². The SMILES string of the molecule is Cn1ccc2cc(Nc3cccc(C(=O)O)c3)ccc21. The van der Waals surface area contributed by atoms with Crippen LogP contribution >= 0.6 is 0 Å². The van der Waals surface area contributed by atoms with Gasteiger partial charge in [0.25, 0.3) is 0 Å². The Kier molecular flexibility index (Phi) is 2.91. The summed E-state index contributed by atoms with van der Waals surface area (Å²) in [5.41, 5.74) is 3.14. The van der Waals surface area contributed by atoms with Crippen molar-refractivity contribution in [3.8, 4) is 0 Å². The first-order valence-electron chi connectivity index (χ1n) is 6.29. The number of anilines is 2. The second-order valence-electron chi connectivity index (χ2n) is 4.71. The molecule has 0 atom stereocenters. The number of nitrogens with zero attached hydrogens (tertiary/aromatic N) is 1. The van der Waals surface area contributed by atoms with Crippen LogP contribution in [0.1, 0.15) is 10.4 Å². The van der Waals surface area contributed by atoms with Crippen LogP contribution in [0.2, 0.25) is 0 Å². The third kappa shape index (κ3) is 2.23. The maximum Gasteiger partial charge on any atom is 0.335 e. The summed E-state index contributed by atoms with van der Waals surface area (Å²) in [6, 6.07) is 14.9. The summed E-state index contributed by atoms with van der Waals surface area (Å²) in [4.78, 5) is 11.0. The number of carboxylic acids is 1. The Morgan fingerprint density at radius 1 is 1.10 bits per heavy atom. The van der Waals surface area contributed by atoms with Gasteiger partial charge in [-0.1, -0.05) is 6.07 Å². The molecule has 2 aromatic carbocycles. The topological polar surface area (TPSA) is 54.3 Å². The van der Waals surface area contributed by atoms with E-state index in [0.29, 0.717) is 0 Å². The minimum absolute atomic E-state index is 0.274. The van der Waals surface area contributed by atoms with E-state index in [1.54, 1.807) is 18.2 Å². The molecule has 0 bridgehead atoms. The molecule has 0 amide bonds. The number of hydrogen-bond acceptors (Lipinski definition) is 2. The summed E-state index contributed by atoms with van der Waals surface area (Å²) in [5, 5.41) is 13.4. The Bertz CT molecular complexity index is 790. The highest BCUT2D eigenvalue weighted by Gasteiger charge is 2.04. The van der Waals surface area contributed by atoms with Gasteiger partial charge in [-0.3, -0.25) is 0 Å². The van der Waals surface area contributed by atoms with Gasteiger partial charge in [0, 0.05) is 35.5 Å². The predicted molar refractivity (Wildman–Crippen MR) is 79.6 cm³/mol. The van der Waals surface area contributed by atoms with Crippen LogP contribution in [0.15, 0.2) is 54.7 Å². The molecule has 4 heteroatoms. The minimum Gasteiger partial charge on any atom is -0.478 e. The van der Waals surface area contributed by atoms with Crippen LogP contribution in [0, 0.1) is 0 Å². The van der Waals surface area contributed by atoms with Gasteiger partial charge < -0.3 is 15.0 Å². The Balaban J connectivity index is 1.92. The molecular weight excluding hydrogens is 252 g/mol. The number of benzene rings is 2. The van der Waals surface area contributed by atoms with Crippen LogP contribution < -0.4 is 5.32 Å². The number of carboxylic acid groups (broad SMARTS) is 1. The van der Waals surface area contributed by atoms with Crippen molar-refractivity contribution in [3.63, 3.8) is 0 Å². The molecule has 0 aliphatic carbocycles. The summed E-state index contributed by atoms with van der Waals surface area (Å²) in [6.07, 6.45) is 2.01. The van der Waals surface area contributed by atoms with Gasteiger partial charge in [-0.05, 0) is 42.5 Å². The Labute approximate surface area is 116 Å². The average Bonchev–Trinajstić information content (AvgIpc) is 2.80. The molecule has 100 valence electrons. The number of aryl methyl sites for hydroxylation is 1. The first-order chi connectivity index (χ1) is 9.63. The molecule has 0 unspecified atom stereocenters. The standard InChI is InChI=1S/C16H14N2O2/c1-18-8-7-11-9-14(5-6-15(11)18)17-13-4-2-3-12(10-13)16(19)20/h2-10,17H,1H3,(H,19,20). The molecule has 1 heterocycles. The monoisotopic (exact) mass is 266 g/mol. The zero-order valence-corrected chi connectivity index (χ0v) is 11.0. The lowest BCUT2D eigenvalue weighted by atomic mass is 10.2. The van der Waals surface area contributed by atoms with E-state index in [2.05, 4.69) is 9.88 Å². The summed E-state index contributed by atoms with van der Waals surface area (Å²) < 4.78 is 2.06. The molecule has 0 saturated heterocycles. The lowest BCUT2D eigenvalue weighted by Crippen LogP contribution is -1.97. The van der Waals surface area contributed by atoms with Crippen LogP contribution in [-0.2, 0) is 7.05 Å². The van der Waals surface area contributed by atoms with Crippen molar-refractivity contribution in [2.45, 2.75) is 0 Å². The van der Waals surface area contributed by atoms with Gasteiger partial charge in [0.15, 0.2) is 0 Å². The average molecular weight is 266 g/mol. The fourth-order valence-electron chi connectivity index (χ4n) is 2.26. The number of aromatic nitrogens is 1. The lowest BCUT2D eigenvalue weighted by molar-refractivity contribution is 0.0697. The van der Waals surface area contributed by atoms with E-state index in [-0.39, 0.29) is 5.56 Å². The van der Waals surface area contributed by atoms with Gasteiger partial charge in [-0.25, -0.2) is 4.79 Å². The molecule has 1 aromatic heterocycles. The molecule has 20 heavy (non-hydrogen) atoms. The summed E-state index contributed by atoms with van der Waals surface area (Å²) >= 11 is 0. The number of nitrogens with one attached hydrogen (secondary N) is 1. The number of aromatic carboxylic acids is 1. The molecule has 2 N–H and O–H groups in total. The van der Waals surface area contributed by atoms with Crippen LogP contribution in [0.25, 0.3) is 10.9 Å². The fourth-order valence-corrected chi connectivity index (χ4v) is 2.26. The fraction of sp³-hybridized carbons (Fsp3) is 0.0625. The zero-order valence-electron chi connectivity index (χ0n) is 11.0. The van der Waals surface area contributed by atoms with Crippen LogP contribution in [0.4, 0.5) is 11.4 Å². The van der Waals surface area contributed by atoms with Gasteiger partial charge in [0.05, 0.1) is 5.56 Å². The molecule has 0 saturated carbocycles. The van der Waals surface area contributed by atoms with E-state index in [1.807, 2.05) is 43.6 Å². The predicted octanol–water partition coefficient (Wildman–Crippen LogP) is 3.62. The molecule has 0 aliphatic rings. The zero-order chi connectivity index (χ0) is 14.1. The maximum absolute atomic E-state index is 11.0. The smallest absolute Gasteiger partial charge is 0.335 e. The Morgan fingerprint density at radius 2 is 1.90 bits per heavy atom. The molecular formula is C16H14N2O2. The molecule has 3 aromatic rings. The van der Waals surface area contributed by atoms with Gasteiger partial charge >= 0.3 is 5.97 Å². The molecule has 3 rings (SSSR count). The van der Waals surface area contributed by atoms with Crippen molar-refractivity contribution >= 4 is 28.2 Å². The molecule has 0 spiro atoms. The van der Waals surface area contributed by atoms with Crippen molar-refractivity contribution in [1.82, 2.24) is 4.57 Å². The number of carbonyl (C=O) groups is 1. The van der Waals surface area contributed by atoms with Crippen LogP contribution in [0.5, 0.6) is 0 Å². The van der Waals surface area contributed by atoms with E-state index < -0.39 is 5.97 Å². The van der Waals surface area contributed by atoms with Crippen molar-refractivity contribution < 1.29 is 9.90 Å². The molecule has 0 aliphatic heterocycles. The first-order valence-corrected chi connectivity index (χ1v) is 6.29. The summed E-state index contributed by atoms with van der Waals surface area (Å²) in [5.74, 6) is -0.924. The Hall–Kier alpha value is -2.75. The van der Waals surface area contributed by atoms with Crippen LogP contribution in [-0.4, -0.2) is 15.6 Å². The van der Waals surface area contributed by atoms with E-state index in [9.17, 15) is 4.79 Å². The maximum atomic E-state index is 11.0. The molecule has 4 nitrogen and oxygen atoms in total. The quantitative estimate of drug-likeness (QED) is 0.761. The first kappa shape index (κ1) is 12.3. The largest absolute Gasteiger partial charge is 0.478 e. The van der Waals surface area contributed by atoms with Crippen molar-refractivity contribution in [3.05, 3.63) is 60.3 Å². The van der Waals surface area contributed by atoms with Gasteiger partial charge in [0.1, 0.15) is 0 Å². The highest BCUT2D eigenvalue weighted by molar-refractivity contribution is 5.89. The second-order valence-corrected chi connectivity index (χ2v) is 4.71. The van der Waals surface area contributed by atoms with Crippen molar-refractivity contribution in [2.75, 3.05) is 5.32 Å². The third-order valence-electron chi connectivity index (χ3n) is 3.28. The van der Waals surface area contributed by atoms with Gasteiger partial charge in [-0.15, -0.1) is 0 Å². The normalized spacial score (nSPS) is 10.7. The Morgan fingerprint density at radius 3 is 2.70 bits per heavy atom. The number of fused-ring (bicyclic) bond motifs is 1. The highest BCUT2D eigenvalue weighted by Crippen LogP contribution is 2.23. The minimum atomic E-state index is -0.924. The van der Waals surface area contributed by atoms with E-state index in [4.69, 9.17) is 5.11 Å². The van der Waals surface area contributed by atoms with Crippen molar-refractivity contribution in [1.29, 1.82) is 0 Å². The number of hydrogen-bond donors (Lipinski definition) is 2. The molecule has 0 radical (unpaired) electrons. The van der Waals surface area contributed by atoms with Crippen molar-refractivity contribution in [2.24, 2.45) is 7.05 Å². The third-order valence-corrected chi connectivity index (χ3v) is 3.28. The second kappa shape index (κ2) is 4.74. The number of rotatable bonds is 3. The summed E-state index contributed by atoms with van der Waals surface area (Å²) in [7, 11) is 2.01. The molecule has 0 fully saturated rings. The summed E-state index contributed by atoms with van der Waals surface area (Å²) in [6.45, 7) is 0. The van der Waals surface area contributed by atoms with E-state index in [0.717, 1.165) is 22.3 Å². The highest BCUT2D eigenvalue weighted by atomic mass is 16.4.